The first kappa shape index (κ1) is 13.8. The Morgan fingerprint density at radius 3 is 2.84 bits per heavy atom. The maximum Gasteiger partial charge on any atom is 0.227 e. The highest BCUT2D eigenvalue weighted by molar-refractivity contribution is 9.10. The number of hydrogen-bond acceptors (Lipinski definition) is 1. The van der Waals surface area contributed by atoms with E-state index in [1.165, 1.54) is 5.56 Å². The third-order valence-electron chi connectivity index (χ3n) is 3.18. The minimum Gasteiger partial charge on any atom is -0.308 e. The molecule has 19 heavy (non-hydrogen) atoms. The van der Waals surface area contributed by atoms with Crippen molar-refractivity contribution in [3.8, 4) is 0 Å². The Balaban J connectivity index is 2.35. The maximum atomic E-state index is 12.1. The monoisotopic (exact) mass is 317 g/mol. The average Bonchev–Trinajstić information content (AvgIpc) is 2.41. The minimum atomic E-state index is 0.159. The lowest BCUT2D eigenvalue weighted by Crippen LogP contribution is -2.36. The van der Waals surface area contributed by atoms with E-state index in [0.717, 1.165) is 22.2 Å². The van der Waals surface area contributed by atoms with E-state index in [1.807, 2.05) is 23.1 Å². The molecule has 0 radical (unpaired) electrons. The van der Waals surface area contributed by atoms with E-state index in [9.17, 15) is 4.79 Å². The van der Waals surface area contributed by atoms with Crippen molar-refractivity contribution in [2.24, 2.45) is 0 Å². The van der Waals surface area contributed by atoms with Gasteiger partial charge in [0, 0.05) is 16.6 Å². The average molecular weight is 318 g/mol. The summed E-state index contributed by atoms with van der Waals surface area (Å²) in [4.78, 5) is 13.9. The summed E-state index contributed by atoms with van der Waals surface area (Å²) >= 11 is 3.47. The summed E-state index contributed by atoms with van der Waals surface area (Å²) in [7, 11) is 0. The minimum absolute atomic E-state index is 0.159. The van der Waals surface area contributed by atoms with Crippen LogP contribution in [0.2, 0.25) is 0 Å². The number of benzene rings is 1. The van der Waals surface area contributed by atoms with Gasteiger partial charge in [-0.3, -0.25) is 4.79 Å². The summed E-state index contributed by atoms with van der Waals surface area (Å²) in [6, 6.07) is 6.04. The topological polar surface area (TPSA) is 20.3 Å². The lowest BCUT2D eigenvalue weighted by atomic mass is 10.0. The molecule has 0 saturated carbocycles. The van der Waals surface area contributed by atoms with Gasteiger partial charge < -0.3 is 4.90 Å². The summed E-state index contributed by atoms with van der Waals surface area (Å²) in [6.45, 7) is 8.01. The number of nitrogens with zero attached hydrogens (tertiary/aromatic N) is 1. The van der Waals surface area contributed by atoms with Crippen LogP contribution in [0.5, 0.6) is 0 Å². The number of halogens is 1. The molecule has 1 aliphatic rings. The number of hydrogen-bond donors (Lipinski definition) is 0. The number of carbonyl (C=O) groups excluding carboxylic acids is 1. The molecule has 0 aromatic heterocycles. The summed E-state index contributed by atoms with van der Waals surface area (Å²) in [5.74, 6) is 0.159. The Hall–Kier alpha value is -1.61. The van der Waals surface area contributed by atoms with Crippen molar-refractivity contribution in [2.75, 3.05) is 11.4 Å². The SMILES string of the molecule is C=C/C=C(\C=C)CN1C(=O)CCc2cc(Br)ccc21. The molecule has 1 amide bonds. The van der Waals surface area contributed by atoms with Crippen LogP contribution < -0.4 is 4.90 Å². The fraction of sp³-hybridized carbons (Fsp3) is 0.188. The van der Waals surface area contributed by atoms with Crippen molar-refractivity contribution in [2.45, 2.75) is 12.8 Å². The second kappa shape index (κ2) is 6.02. The van der Waals surface area contributed by atoms with Crippen LogP contribution in [0.3, 0.4) is 0 Å². The second-order valence-corrected chi connectivity index (χ2v) is 5.35. The van der Waals surface area contributed by atoms with Crippen molar-refractivity contribution in [1.29, 1.82) is 0 Å². The van der Waals surface area contributed by atoms with Gasteiger partial charge in [0.05, 0.1) is 6.54 Å². The molecule has 2 rings (SSSR count). The molecule has 0 saturated heterocycles. The Kier molecular flexibility index (Phi) is 4.38. The highest BCUT2D eigenvalue weighted by atomic mass is 79.9. The number of allylic oxidation sites excluding steroid dienone is 2. The summed E-state index contributed by atoms with van der Waals surface area (Å²) in [5.41, 5.74) is 3.19. The van der Waals surface area contributed by atoms with Gasteiger partial charge in [-0.25, -0.2) is 0 Å². The maximum absolute atomic E-state index is 12.1. The number of fused-ring (bicyclic) bond motifs is 1. The highest BCUT2D eigenvalue weighted by Crippen LogP contribution is 2.30. The summed E-state index contributed by atoms with van der Waals surface area (Å²) in [6.07, 6.45) is 6.73. The molecule has 0 spiro atoms. The van der Waals surface area contributed by atoms with E-state index in [0.29, 0.717) is 13.0 Å². The predicted octanol–water partition coefficient (Wildman–Crippen LogP) is 4.03. The number of rotatable bonds is 4. The molecule has 0 unspecified atom stereocenters. The Labute approximate surface area is 122 Å². The predicted molar refractivity (Wildman–Crippen MR) is 83.3 cm³/mol. The molecule has 2 nitrogen and oxygen atoms in total. The molecular weight excluding hydrogens is 302 g/mol. The zero-order valence-electron chi connectivity index (χ0n) is 10.7. The molecular formula is C16H16BrNO. The van der Waals surface area contributed by atoms with Gasteiger partial charge in [-0.2, -0.15) is 0 Å². The van der Waals surface area contributed by atoms with Gasteiger partial charge in [-0.05, 0) is 35.8 Å². The molecule has 0 N–H and O–H groups in total. The zero-order chi connectivity index (χ0) is 13.8. The lowest BCUT2D eigenvalue weighted by Gasteiger charge is -2.30. The van der Waals surface area contributed by atoms with E-state index in [-0.39, 0.29) is 5.91 Å². The molecule has 0 bridgehead atoms. The van der Waals surface area contributed by atoms with Gasteiger partial charge in [0.2, 0.25) is 5.91 Å². The Bertz CT molecular complexity index is 560. The molecule has 98 valence electrons. The van der Waals surface area contributed by atoms with Crippen LogP contribution in [0.1, 0.15) is 12.0 Å². The van der Waals surface area contributed by atoms with Crippen LogP contribution >= 0.6 is 15.9 Å². The molecule has 1 heterocycles. The first-order chi connectivity index (χ1) is 9.15. The largest absolute Gasteiger partial charge is 0.308 e. The lowest BCUT2D eigenvalue weighted by molar-refractivity contribution is -0.118. The second-order valence-electron chi connectivity index (χ2n) is 4.43. The summed E-state index contributed by atoms with van der Waals surface area (Å²) < 4.78 is 1.05. The van der Waals surface area contributed by atoms with Crippen molar-refractivity contribution in [3.63, 3.8) is 0 Å². The standard InChI is InChI=1S/C16H16BrNO/c1-3-5-12(4-2)11-18-15-8-7-14(17)10-13(15)6-9-16(18)19/h3-5,7-8,10H,1-2,6,9,11H2/b12-5+. The van der Waals surface area contributed by atoms with Crippen LogP contribution in [-0.4, -0.2) is 12.5 Å². The number of carbonyl (C=O) groups is 1. The molecule has 1 aromatic carbocycles. The number of aryl methyl sites for hydroxylation is 1. The highest BCUT2D eigenvalue weighted by Gasteiger charge is 2.24. The molecule has 1 aromatic rings. The Morgan fingerprint density at radius 1 is 1.37 bits per heavy atom. The smallest absolute Gasteiger partial charge is 0.227 e. The van der Waals surface area contributed by atoms with Gasteiger partial charge in [0.1, 0.15) is 0 Å². The van der Waals surface area contributed by atoms with E-state index >= 15 is 0 Å². The molecule has 0 atom stereocenters. The van der Waals surface area contributed by atoms with E-state index in [2.05, 4.69) is 35.2 Å². The van der Waals surface area contributed by atoms with Gasteiger partial charge in [0.25, 0.3) is 0 Å². The van der Waals surface area contributed by atoms with Crippen LogP contribution in [0.25, 0.3) is 0 Å². The quantitative estimate of drug-likeness (QED) is 0.768. The van der Waals surface area contributed by atoms with Crippen LogP contribution in [0.4, 0.5) is 5.69 Å². The van der Waals surface area contributed by atoms with Crippen LogP contribution in [0.15, 0.2) is 59.6 Å². The van der Waals surface area contributed by atoms with Crippen molar-refractivity contribution in [1.82, 2.24) is 0 Å². The van der Waals surface area contributed by atoms with Gasteiger partial charge in [0.15, 0.2) is 0 Å². The van der Waals surface area contributed by atoms with Gasteiger partial charge >= 0.3 is 0 Å². The number of anilines is 1. The van der Waals surface area contributed by atoms with Crippen molar-refractivity contribution in [3.05, 3.63) is 65.2 Å². The van der Waals surface area contributed by atoms with Gasteiger partial charge in [-0.1, -0.05) is 47.3 Å². The van der Waals surface area contributed by atoms with Crippen molar-refractivity contribution >= 4 is 27.5 Å². The molecule has 3 heteroatoms. The van der Waals surface area contributed by atoms with E-state index < -0.39 is 0 Å². The van der Waals surface area contributed by atoms with Crippen LogP contribution in [-0.2, 0) is 11.2 Å². The third kappa shape index (κ3) is 3.04. The number of amides is 1. The fourth-order valence-corrected chi connectivity index (χ4v) is 2.63. The van der Waals surface area contributed by atoms with Crippen molar-refractivity contribution < 1.29 is 4.79 Å². The Morgan fingerprint density at radius 2 is 2.16 bits per heavy atom. The van der Waals surface area contributed by atoms with Gasteiger partial charge in [-0.15, -0.1) is 0 Å². The first-order valence-electron chi connectivity index (χ1n) is 6.18. The third-order valence-corrected chi connectivity index (χ3v) is 3.67. The van der Waals surface area contributed by atoms with Crippen LogP contribution in [0, 0.1) is 0 Å². The summed E-state index contributed by atoms with van der Waals surface area (Å²) in [5, 5.41) is 0. The fourth-order valence-electron chi connectivity index (χ4n) is 2.22. The molecule has 1 aliphatic heterocycles. The first-order valence-corrected chi connectivity index (χ1v) is 6.98. The molecule has 0 aliphatic carbocycles. The zero-order valence-corrected chi connectivity index (χ0v) is 12.3. The van der Waals surface area contributed by atoms with E-state index in [4.69, 9.17) is 0 Å². The normalized spacial score (nSPS) is 15.1. The van der Waals surface area contributed by atoms with E-state index in [1.54, 1.807) is 12.2 Å². The molecule has 0 fully saturated rings.